The molecule has 3 nitrogen and oxygen atoms in total. The number of hydrogen-bond acceptors (Lipinski definition) is 4. The molecule has 0 saturated heterocycles. The lowest BCUT2D eigenvalue weighted by Crippen LogP contribution is -2.07. The zero-order chi connectivity index (χ0) is 12.5. The van der Waals surface area contributed by atoms with Crippen molar-refractivity contribution in [3.8, 4) is 0 Å². The summed E-state index contributed by atoms with van der Waals surface area (Å²) in [5, 5.41) is 2.00. The molecule has 0 spiro atoms. The first-order valence-corrected chi connectivity index (χ1v) is 7.71. The summed E-state index contributed by atoms with van der Waals surface area (Å²) in [6.45, 7) is 0. The Morgan fingerprint density at radius 2 is 2.00 bits per heavy atom. The Morgan fingerprint density at radius 1 is 1.24 bits per heavy atom. The van der Waals surface area contributed by atoms with Crippen LogP contribution in [0, 0.1) is 0 Å². The van der Waals surface area contributed by atoms with E-state index in [1.807, 2.05) is 11.4 Å². The van der Waals surface area contributed by atoms with Gasteiger partial charge >= 0.3 is 0 Å². The lowest BCUT2D eigenvalue weighted by atomic mass is 10.3. The molecule has 17 heavy (non-hydrogen) atoms. The number of nitrogen functional groups attached to an aromatic ring is 1. The predicted octanol–water partition coefficient (Wildman–Crippen LogP) is 2.96. The van der Waals surface area contributed by atoms with Gasteiger partial charge in [-0.3, -0.25) is 0 Å². The molecule has 0 amide bonds. The molecule has 1 heterocycles. The fourth-order valence-corrected chi connectivity index (χ4v) is 4.68. The van der Waals surface area contributed by atoms with Crippen molar-refractivity contribution in [3.05, 3.63) is 45.6 Å². The molecule has 1 aromatic heterocycles. The van der Waals surface area contributed by atoms with E-state index < -0.39 is 9.84 Å². The van der Waals surface area contributed by atoms with Gasteiger partial charge in [0.25, 0.3) is 0 Å². The van der Waals surface area contributed by atoms with Gasteiger partial charge in [-0.15, -0.1) is 11.3 Å². The minimum Gasteiger partial charge on any atom is -0.398 e. The Bertz CT molecular complexity index is 601. The Morgan fingerprint density at radius 3 is 2.59 bits per heavy atom. The Kier molecular flexibility index (Phi) is 3.42. The summed E-state index contributed by atoms with van der Waals surface area (Å²) in [7, 11) is -3.49. The first kappa shape index (κ1) is 12.4. The number of anilines is 1. The van der Waals surface area contributed by atoms with Gasteiger partial charge in [0.2, 0.25) is 0 Å². The number of hydrogen-bond donors (Lipinski definition) is 1. The summed E-state index contributed by atoms with van der Waals surface area (Å²) in [5.74, 6) is -0.0708. The van der Waals surface area contributed by atoms with Crippen LogP contribution in [0.3, 0.4) is 0 Å². The lowest BCUT2D eigenvalue weighted by molar-refractivity contribution is 0.596. The van der Waals surface area contributed by atoms with E-state index in [2.05, 4.69) is 0 Å². The zero-order valence-corrected chi connectivity index (χ0v) is 11.1. The molecule has 0 radical (unpaired) electrons. The van der Waals surface area contributed by atoms with E-state index >= 15 is 0 Å². The van der Waals surface area contributed by atoms with Crippen LogP contribution in [-0.4, -0.2) is 8.42 Å². The largest absolute Gasteiger partial charge is 0.398 e. The van der Waals surface area contributed by atoms with E-state index in [-0.39, 0.29) is 21.4 Å². The third kappa shape index (κ3) is 2.62. The smallest absolute Gasteiger partial charge is 0.186 e. The first-order valence-electron chi connectivity index (χ1n) is 4.80. The van der Waals surface area contributed by atoms with E-state index in [0.717, 1.165) is 4.88 Å². The molecular weight excluding hydrogens is 278 g/mol. The van der Waals surface area contributed by atoms with Gasteiger partial charge in [0, 0.05) is 4.88 Å². The van der Waals surface area contributed by atoms with Crippen LogP contribution >= 0.6 is 22.9 Å². The molecule has 0 unspecified atom stereocenters. The molecule has 0 bridgehead atoms. The van der Waals surface area contributed by atoms with Crippen LogP contribution in [0.25, 0.3) is 0 Å². The summed E-state index contributed by atoms with van der Waals surface area (Å²) in [5.41, 5.74) is 5.87. The molecule has 2 N–H and O–H groups in total. The Labute approximate surface area is 109 Å². The zero-order valence-electron chi connectivity index (χ0n) is 8.76. The average Bonchev–Trinajstić information content (AvgIpc) is 2.68. The van der Waals surface area contributed by atoms with E-state index in [0.29, 0.717) is 0 Å². The fraction of sp³-hybridized carbons (Fsp3) is 0.0909. The molecule has 0 aliphatic rings. The quantitative estimate of drug-likeness (QED) is 0.883. The molecule has 6 heteroatoms. The molecule has 0 saturated carbocycles. The standard InChI is InChI=1S/C11H10ClNO2S2/c12-9-4-1-5-10(13)11(9)17(14,15)7-8-3-2-6-16-8/h1-6H,7,13H2. The van der Waals surface area contributed by atoms with Crippen LogP contribution in [0.2, 0.25) is 5.02 Å². The lowest BCUT2D eigenvalue weighted by Gasteiger charge is -2.08. The maximum atomic E-state index is 12.2. The minimum atomic E-state index is -3.49. The summed E-state index contributed by atoms with van der Waals surface area (Å²) >= 11 is 7.29. The van der Waals surface area contributed by atoms with Crippen LogP contribution in [0.1, 0.15) is 4.88 Å². The Balaban J connectivity index is 2.45. The molecular formula is C11H10ClNO2S2. The second-order valence-electron chi connectivity index (χ2n) is 3.50. The van der Waals surface area contributed by atoms with Gasteiger partial charge < -0.3 is 5.73 Å². The van der Waals surface area contributed by atoms with Crippen molar-refractivity contribution in [2.75, 3.05) is 5.73 Å². The Hall–Kier alpha value is -1.04. The highest BCUT2D eigenvalue weighted by atomic mass is 35.5. The van der Waals surface area contributed by atoms with Crippen molar-refractivity contribution in [2.24, 2.45) is 0 Å². The highest BCUT2D eigenvalue weighted by Gasteiger charge is 2.21. The molecule has 0 fully saturated rings. The van der Waals surface area contributed by atoms with Crippen LogP contribution in [0.15, 0.2) is 40.6 Å². The fourth-order valence-electron chi connectivity index (χ4n) is 1.51. The molecule has 0 aliphatic carbocycles. The van der Waals surface area contributed by atoms with Crippen LogP contribution in [0.4, 0.5) is 5.69 Å². The number of rotatable bonds is 3. The highest BCUT2D eigenvalue weighted by Crippen LogP contribution is 2.30. The third-order valence-corrected chi connectivity index (χ3v) is 5.48. The van der Waals surface area contributed by atoms with Gasteiger partial charge in [-0.05, 0) is 23.6 Å². The van der Waals surface area contributed by atoms with Crippen molar-refractivity contribution in [1.29, 1.82) is 0 Å². The van der Waals surface area contributed by atoms with Crippen LogP contribution in [0.5, 0.6) is 0 Å². The number of benzene rings is 1. The predicted molar refractivity (Wildman–Crippen MR) is 71.1 cm³/mol. The van der Waals surface area contributed by atoms with Gasteiger partial charge in [0.1, 0.15) is 4.90 Å². The van der Waals surface area contributed by atoms with Gasteiger partial charge in [-0.25, -0.2) is 8.42 Å². The topological polar surface area (TPSA) is 60.2 Å². The maximum absolute atomic E-state index is 12.2. The first-order chi connectivity index (χ1) is 8.00. The number of sulfone groups is 1. The molecule has 0 atom stereocenters. The van der Waals surface area contributed by atoms with Crippen molar-refractivity contribution < 1.29 is 8.42 Å². The summed E-state index contributed by atoms with van der Waals surface area (Å²) in [6, 6.07) is 8.27. The van der Waals surface area contributed by atoms with Gasteiger partial charge in [-0.1, -0.05) is 23.7 Å². The van der Waals surface area contributed by atoms with Crippen molar-refractivity contribution in [1.82, 2.24) is 0 Å². The highest BCUT2D eigenvalue weighted by molar-refractivity contribution is 7.91. The molecule has 2 rings (SSSR count). The monoisotopic (exact) mass is 287 g/mol. The molecule has 90 valence electrons. The maximum Gasteiger partial charge on any atom is 0.186 e. The van der Waals surface area contributed by atoms with Crippen LogP contribution < -0.4 is 5.73 Å². The second-order valence-corrected chi connectivity index (χ2v) is 6.86. The van der Waals surface area contributed by atoms with Crippen molar-refractivity contribution in [3.63, 3.8) is 0 Å². The average molecular weight is 288 g/mol. The third-order valence-electron chi connectivity index (χ3n) is 2.22. The summed E-state index contributed by atoms with van der Waals surface area (Å²) < 4.78 is 24.4. The number of halogens is 1. The van der Waals surface area contributed by atoms with Gasteiger partial charge in [-0.2, -0.15) is 0 Å². The SMILES string of the molecule is Nc1cccc(Cl)c1S(=O)(=O)Cc1cccs1. The normalized spacial score (nSPS) is 11.6. The molecule has 0 aliphatic heterocycles. The van der Waals surface area contributed by atoms with Crippen molar-refractivity contribution in [2.45, 2.75) is 10.6 Å². The van der Waals surface area contributed by atoms with Gasteiger partial charge in [0.15, 0.2) is 9.84 Å². The molecule has 1 aromatic carbocycles. The second kappa shape index (κ2) is 4.68. The van der Waals surface area contributed by atoms with Crippen LogP contribution in [-0.2, 0) is 15.6 Å². The van der Waals surface area contributed by atoms with E-state index in [4.69, 9.17) is 17.3 Å². The van der Waals surface area contributed by atoms with E-state index in [1.165, 1.54) is 23.5 Å². The summed E-state index contributed by atoms with van der Waals surface area (Å²) in [6.07, 6.45) is 0. The van der Waals surface area contributed by atoms with E-state index in [9.17, 15) is 8.42 Å². The number of nitrogens with two attached hydrogens (primary N) is 1. The molecule has 2 aromatic rings. The van der Waals surface area contributed by atoms with Crippen molar-refractivity contribution >= 4 is 38.5 Å². The van der Waals surface area contributed by atoms with Gasteiger partial charge in [0.05, 0.1) is 16.5 Å². The summed E-state index contributed by atoms with van der Waals surface area (Å²) in [4.78, 5) is 0.791. The van der Waals surface area contributed by atoms with E-state index in [1.54, 1.807) is 12.1 Å². The minimum absolute atomic E-state index is 0.0232. The number of thiophene rings is 1.